The number of phenolic OH excluding ortho intramolecular Hbond substituents is 1. The number of ether oxygens (including phenoxy) is 1. The Morgan fingerprint density at radius 2 is 1.88 bits per heavy atom. The number of phenols is 1. The lowest BCUT2D eigenvalue weighted by Crippen LogP contribution is -2.01. The van der Waals surface area contributed by atoms with Crippen LogP contribution >= 0.6 is 11.3 Å². The Labute approximate surface area is 150 Å². The van der Waals surface area contributed by atoms with Crippen LogP contribution in [0.25, 0.3) is 10.1 Å². The van der Waals surface area contributed by atoms with E-state index in [9.17, 15) is 9.90 Å². The van der Waals surface area contributed by atoms with Gasteiger partial charge in [-0.05, 0) is 72.0 Å². The Hall–Kier alpha value is -2.53. The number of rotatable bonds is 5. The van der Waals surface area contributed by atoms with E-state index in [-0.39, 0.29) is 12.2 Å². The summed E-state index contributed by atoms with van der Waals surface area (Å²) >= 11 is 1.56. The maximum absolute atomic E-state index is 11.1. The molecule has 0 atom stereocenters. The second-order valence-electron chi connectivity index (χ2n) is 6.25. The Morgan fingerprint density at radius 1 is 1.12 bits per heavy atom. The van der Waals surface area contributed by atoms with Crippen molar-refractivity contribution in [1.82, 2.24) is 0 Å². The van der Waals surface area contributed by atoms with Crippen molar-refractivity contribution in [2.24, 2.45) is 0 Å². The Morgan fingerprint density at radius 3 is 2.56 bits per heavy atom. The highest BCUT2D eigenvalue weighted by atomic mass is 32.1. The van der Waals surface area contributed by atoms with E-state index in [2.05, 4.69) is 0 Å². The van der Waals surface area contributed by atoms with Gasteiger partial charge in [-0.2, -0.15) is 0 Å². The minimum absolute atomic E-state index is 0.0349. The van der Waals surface area contributed by atoms with E-state index in [0.29, 0.717) is 6.61 Å². The SMILES string of the molecule is Cc1cc(O)ccc1COc1cc(C)c2c(CC(=O)O)csc2c1C. The van der Waals surface area contributed by atoms with Gasteiger partial charge in [0.2, 0.25) is 0 Å². The van der Waals surface area contributed by atoms with Gasteiger partial charge in [0.25, 0.3) is 0 Å². The average Bonchev–Trinajstić information content (AvgIpc) is 2.94. The molecule has 0 aliphatic carbocycles. The molecular weight excluding hydrogens is 336 g/mol. The van der Waals surface area contributed by atoms with E-state index in [1.165, 1.54) is 0 Å². The van der Waals surface area contributed by atoms with E-state index < -0.39 is 5.97 Å². The average molecular weight is 356 g/mol. The van der Waals surface area contributed by atoms with Crippen LogP contribution in [0.1, 0.15) is 27.8 Å². The van der Waals surface area contributed by atoms with E-state index in [1.54, 1.807) is 23.5 Å². The monoisotopic (exact) mass is 356 g/mol. The van der Waals surface area contributed by atoms with Crippen LogP contribution in [-0.2, 0) is 17.8 Å². The number of carbonyl (C=O) groups is 1. The van der Waals surface area contributed by atoms with Crippen LogP contribution in [0, 0.1) is 20.8 Å². The van der Waals surface area contributed by atoms with Crippen LogP contribution in [0.4, 0.5) is 0 Å². The number of aliphatic carboxylic acids is 1. The molecule has 25 heavy (non-hydrogen) atoms. The van der Waals surface area contributed by atoms with Crippen LogP contribution in [0.15, 0.2) is 29.6 Å². The maximum Gasteiger partial charge on any atom is 0.307 e. The van der Waals surface area contributed by atoms with Gasteiger partial charge in [0.05, 0.1) is 6.42 Å². The molecule has 0 saturated carbocycles. The van der Waals surface area contributed by atoms with Crippen LogP contribution < -0.4 is 4.74 Å². The van der Waals surface area contributed by atoms with E-state index >= 15 is 0 Å². The third-order valence-corrected chi connectivity index (χ3v) is 5.52. The van der Waals surface area contributed by atoms with Gasteiger partial charge in [-0.3, -0.25) is 4.79 Å². The van der Waals surface area contributed by atoms with Gasteiger partial charge in [-0.25, -0.2) is 0 Å². The van der Waals surface area contributed by atoms with Gasteiger partial charge in [-0.1, -0.05) is 6.07 Å². The predicted molar refractivity (Wildman–Crippen MR) is 99.8 cm³/mol. The van der Waals surface area contributed by atoms with Crippen molar-refractivity contribution in [3.05, 3.63) is 57.5 Å². The number of hydrogen-bond acceptors (Lipinski definition) is 4. The standard InChI is InChI=1S/C20H20O4S/c1-11-6-16(21)5-4-14(11)9-24-17-7-12(2)19-15(8-18(22)23)10-25-20(19)13(17)3/h4-7,10,21H,8-9H2,1-3H3,(H,22,23). The highest BCUT2D eigenvalue weighted by Gasteiger charge is 2.15. The normalized spacial score (nSPS) is 11.0. The molecule has 0 saturated heterocycles. The summed E-state index contributed by atoms with van der Waals surface area (Å²) in [5.41, 5.74) is 4.91. The largest absolute Gasteiger partial charge is 0.508 e. The zero-order valence-electron chi connectivity index (χ0n) is 14.4. The number of thiophene rings is 1. The lowest BCUT2D eigenvalue weighted by molar-refractivity contribution is -0.136. The van der Waals surface area contributed by atoms with E-state index in [1.807, 2.05) is 38.3 Å². The molecule has 0 aliphatic heterocycles. The molecule has 5 heteroatoms. The first-order valence-corrected chi connectivity index (χ1v) is 8.88. The molecule has 0 aliphatic rings. The summed E-state index contributed by atoms with van der Waals surface area (Å²) in [4.78, 5) is 11.1. The summed E-state index contributed by atoms with van der Waals surface area (Å²) < 4.78 is 7.11. The van der Waals surface area contributed by atoms with Crippen LogP contribution in [0.2, 0.25) is 0 Å². The quantitative estimate of drug-likeness (QED) is 0.693. The van der Waals surface area contributed by atoms with Crippen molar-refractivity contribution >= 4 is 27.4 Å². The van der Waals surface area contributed by atoms with Crippen molar-refractivity contribution in [2.45, 2.75) is 33.8 Å². The first-order chi connectivity index (χ1) is 11.9. The summed E-state index contributed by atoms with van der Waals surface area (Å²) in [6, 6.07) is 7.22. The second kappa shape index (κ2) is 6.76. The molecule has 0 bridgehead atoms. The van der Waals surface area contributed by atoms with Gasteiger partial charge in [0, 0.05) is 10.3 Å². The predicted octanol–water partition coefficient (Wildman–Crippen LogP) is 4.74. The van der Waals surface area contributed by atoms with Crippen molar-refractivity contribution in [2.75, 3.05) is 0 Å². The van der Waals surface area contributed by atoms with Gasteiger partial charge in [0.1, 0.15) is 18.1 Å². The minimum Gasteiger partial charge on any atom is -0.508 e. The summed E-state index contributed by atoms with van der Waals surface area (Å²) in [5, 5.41) is 21.5. The smallest absolute Gasteiger partial charge is 0.307 e. The molecule has 0 unspecified atom stereocenters. The molecule has 130 valence electrons. The molecule has 0 spiro atoms. The molecule has 1 heterocycles. The summed E-state index contributed by atoms with van der Waals surface area (Å²) in [7, 11) is 0. The molecule has 2 aromatic carbocycles. The molecule has 3 aromatic rings. The second-order valence-corrected chi connectivity index (χ2v) is 7.13. The third-order valence-electron chi connectivity index (χ3n) is 4.37. The van der Waals surface area contributed by atoms with Crippen molar-refractivity contribution in [3.63, 3.8) is 0 Å². The van der Waals surface area contributed by atoms with Crippen LogP contribution in [-0.4, -0.2) is 16.2 Å². The zero-order chi connectivity index (χ0) is 18.1. The zero-order valence-corrected chi connectivity index (χ0v) is 15.2. The Kier molecular flexibility index (Phi) is 4.68. The Bertz CT molecular complexity index is 956. The summed E-state index contributed by atoms with van der Waals surface area (Å²) in [6.07, 6.45) is 0.0349. The van der Waals surface area contributed by atoms with Gasteiger partial charge in [0.15, 0.2) is 0 Å². The number of carboxylic acid groups (broad SMARTS) is 1. The van der Waals surface area contributed by atoms with Crippen molar-refractivity contribution < 1.29 is 19.7 Å². The van der Waals surface area contributed by atoms with Gasteiger partial charge >= 0.3 is 5.97 Å². The third kappa shape index (κ3) is 3.46. The number of benzene rings is 2. The van der Waals surface area contributed by atoms with Crippen LogP contribution in [0.3, 0.4) is 0 Å². The molecular formula is C20H20O4S. The number of carboxylic acids is 1. The number of aromatic hydroxyl groups is 1. The highest BCUT2D eigenvalue weighted by Crippen LogP contribution is 2.37. The molecule has 1 aromatic heterocycles. The fourth-order valence-corrected chi connectivity index (χ4v) is 4.18. The first-order valence-electron chi connectivity index (χ1n) is 8.00. The minimum atomic E-state index is -0.820. The number of hydrogen-bond donors (Lipinski definition) is 2. The van der Waals surface area contributed by atoms with Gasteiger partial charge < -0.3 is 14.9 Å². The molecule has 0 radical (unpaired) electrons. The van der Waals surface area contributed by atoms with Crippen LogP contribution in [0.5, 0.6) is 11.5 Å². The van der Waals surface area contributed by atoms with E-state index in [4.69, 9.17) is 9.84 Å². The topological polar surface area (TPSA) is 66.8 Å². The first kappa shape index (κ1) is 17.3. The van der Waals surface area contributed by atoms with Crippen molar-refractivity contribution in [3.8, 4) is 11.5 Å². The number of fused-ring (bicyclic) bond motifs is 1. The fourth-order valence-electron chi connectivity index (χ4n) is 3.03. The summed E-state index contributed by atoms with van der Waals surface area (Å²) in [6.45, 7) is 6.35. The highest BCUT2D eigenvalue weighted by molar-refractivity contribution is 7.17. The molecule has 3 rings (SSSR count). The molecule has 2 N–H and O–H groups in total. The fraction of sp³-hybridized carbons (Fsp3) is 0.250. The van der Waals surface area contributed by atoms with Gasteiger partial charge in [-0.15, -0.1) is 11.3 Å². The Balaban J connectivity index is 1.92. The number of aryl methyl sites for hydroxylation is 3. The molecule has 0 fully saturated rings. The molecule has 4 nitrogen and oxygen atoms in total. The van der Waals surface area contributed by atoms with Crippen molar-refractivity contribution in [1.29, 1.82) is 0 Å². The van der Waals surface area contributed by atoms with E-state index in [0.717, 1.165) is 43.7 Å². The summed E-state index contributed by atoms with van der Waals surface area (Å²) in [5.74, 6) is 0.236. The maximum atomic E-state index is 11.1. The lowest BCUT2D eigenvalue weighted by atomic mass is 10.0. The molecule has 0 amide bonds. The lowest BCUT2D eigenvalue weighted by Gasteiger charge is -2.13.